The molecule has 2 N–H and O–H groups in total. The lowest BCUT2D eigenvalue weighted by Gasteiger charge is -2.28. The van der Waals surface area contributed by atoms with Crippen LogP contribution in [-0.4, -0.2) is 34.5 Å². The number of nitrogens with one attached hydrogen (secondary N) is 1. The van der Waals surface area contributed by atoms with E-state index in [1.165, 1.54) is 0 Å². The molecule has 1 saturated carbocycles. The van der Waals surface area contributed by atoms with Crippen LogP contribution in [-0.2, 0) is 9.59 Å². The minimum atomic E-state index is -0.825. The summed E-state index contributed by atoms with van der Waals surface area (Å²) in [4.78, 5) is 23.4. The fraction of sp³-hybridized carbons (Fsp3) is 0.857. The Labute approximate surface area is 119 Å². The van der Waals surface area contributed by atoms with Crippen LogP contribution in [0.15, 0.2) is 0 Å². The summed E-state index contributed by atoms with van der Waals surface area (Å²) in [7, 11) is 0. The van der Waals surface area contributed by atoms with Crippen molar-refractivity contribution in [2.24, 2.45) is 11.8 Å². The van der Waals surface area contributed by atoms with Crippen LogP contribution in [0.2, 0.25) is 0 Å². The number of aliphatic carboxylic acids is 1. The summed E-state index contributed by atoms with van der Waals surface area (Å²) in [5, 5.41) is 12.2. The third kappa shape index (κ3) is 5.43. The zero-order valence-electron chi connectivity index (χ0n) is 11.9. The maximum absolute atomic E-state index is 12.2. The highest BCUT2D eigenvalue weighted by molar-refractivity contribution is 7.99. The number of amides is 1. The molecule has 0 aromatic heterocycles. The van der Waals surface area contributed by atoms with Crippen molar-refractivity contribution >= 4 is 23.6 Å². The van der Waals surface area contributed by atoms with Crippen LogP contribution in [0.25, 0.3) is 0 Å². The van der Waals surface area contributed by atoms with Crippen LogP contribution in [0.4, 0.5) is 0 Å². The van der Waals surface area contributed by atoms with E-state index < -0.39 is 11.9 Å². The zero-order chi connectivity index (χ0) is 14.3. The van der Waals surface area contributed by atoms with Gasteiger partial charge in [-0.25, -0.2) is 0 Å². The molecular weight excluding hydrogens is 262 g/mol. The highest BCUT2D eigenvalue weighted by atomic mass is 32.2. The van der Waals surface area contributed by atoms with E-state index in [9.17, 15) is 14.7 Å². The first kappa shape index (κ1) is 16.3. The first-order valence-corrected chi connectivity index (χ1v) is 8.32. The third-order valence-corrected chi connectivity index (χ3v) is 4.64. The predicted octanol–water partition coefficient (Wildman–Crippen LogP) is 2.53. The van der Waals surface area contributed by atoms with Gasteiger partial charge in [-0.05, 0) is 37.7 Å². The summed E-state index contributed by atoms with van der Waals surface area (Å²) in [6, 6.07) is 0.128. The Morgan fingerprint density at radius 3 is 2.53 bits per heavy atom. The van der Waals surface area contributed by atoms with Gasteiger partial charge >= 0.3 is 5.97 Å². The van der Waals surface area contributed by atoms with Gasteiger partial charge in [-0.2, -0.15) is 11.8 Å². The summed E-state index contributed by atoms with van der Waals surface area (Å²) >= 11 is 1.86. The molecule has 0 saturated heterocycles. The lowest BCUT2D eigenvalue weighted by atomic mass is 9.78. The molecule has 3 atom stereocenters. The fourth-order valence-electron chi connectivity index (χ4n) is 2.57. The van der Waals surface area contributed by atoms with E-state index in [1.807, 2.05) is 18.7 Å². The molecule has 1 amide bonds. The number of hydrogen-bond acceptors (Lipinski definition) is 3. The Morgan fingerprint density at radius 2 is 1.95 bits per heavy atom. The Hall–Kier alpha value is -0.710. The molecule has 1 unspecified atom stereocenters. The van der Waals surface area contributed by atoms with Crippen molar-refractivity contribution in [3.05, 3.63) is 0 Å². The standard InChI is InChI=1S/C14H25NO3S/c1-3-19-9-8-10(2)15-13(16)11-6-4-5-7-12(11)14(17)18/h10-12H,3-9H2,1-2H3,(H,15,16)(H,17,18)/t10?,11-,12+/m1/s1. The molecular formula is C14H25NO3S. The van der Waals surface area contributed by atoms with Crippen LogP contribution >= 0.6 is 11.8 Å². The molecule has 0 heterocycles. The molecule has 1 rings (SSSR count). The van der Waals surface area contributed by atoms with Gasteiger partial charge in [-0.1, -0.05) is 19.8 Å². The smallest absolute Gasteiger partial charge is 0.307 e. The summed E-state index contributed by atoms with van der Waals surface area (Å²) in [6.45, 7) is 4.11. The average molecular weight is 287 g/mol. The van der Waals surface area contributed by atoms with Crippen LogP contribution < -0.4 is 5.32 Å². The van der Waals surface area contributed by atoms with Crippen molar-refractivity contribution in [2.75, 3.05) is 11.5 Å². The van der Waals surface area contributed by atoms with Crippen molar-refractivity contribution in [3.8, 4) is 0 Å². The lowest BCUT2D eigenvalue weighted by molar-refractivity contribution is -0.149. The van der Waals surface area contributed by atoms with Crippen LogP contribution in [0, 0.1) is 11.8 Å². The molecule has 110 valence electrons. The van der Waals surface area contributed by atoms with E-state index in [2.05, 4.69) is 12.2 Å². The van der Waals surface area contributed by atoms with Gasteiger partial charge < -0.3 is 10.4 Å². The first-order chi connectivity index (χ1) is 9.06. The highest BCUT2D eigenvalue weighted by Crippen LogP contribution is 2.30. The van der Waals surface area contributed by atoms with Crippen molar-refractivity contribution in [1.82, 2.24) is 5.32 Å². The number of carbonyl (C=O) groups is 2. The zero-order valence-corrected chi connectivity index (χ0v) is 12.7. The van der Waals surface area contributed by atoms with Crippen LogP contribution in [0.3, 0.4) is 0 Å². The molecule has 19 heavy (non-hydrogen) atoms. The fourth-order valence-corrected chi connectivity index (χ4v) is 3.38. The van der Waals surface area contributed by atoms with E-state index in [-0.39, 0.29) is 17.9 Å². The molecule has 4 nitrogen and oxygen atoms in total. The second-order valence-electron chi connectivity index (χ2n) is 5.23. The van der Waals surface area contributed by atoms with Gasteiger partial charge in [0, 0.05) is 6.04 Å². The van der Waals surface area contributed by atoms with Gasteiger partial charge in [-0.3, -0.25) is 9.59 Å². The van der Waals surface area contributed by atoms with E-state index in [1.54, 1.807) is 0 Å². The molecule has 0 aliphatic heterocycles. The van der Waals surface area contributed by atoms with Gasteiger partial charge in [0.2, 0.25) is 5.91 Å². The summed E-state index contributed by atoms with van der Waals surface area (Å²) in [5.41, 5.74) is 0. The number of carboxylic acid groups (broad SMARTS) is 1. The predicted molar refractivity (Wildman–Crippen MR) is 78.3 cm³/mol. The molecule has 1 aliphatic rings. The van der Waals surface area contributed by atoms with Crippen molar-refractivity contribution in [2.45, 2.75) is 52.0 Å². The second-order valence-corrected chi connectivity index (χ2v) is 6.62. The number of hydrogen-bond donors (Lipinski definition) is 2. The minimum absolute atomic E-state index is 0.0684. The SMILES string of the molecule is CCSCCC(C)NC(=O)[C@@H]1CCCC[C@@H]1C(=O)O. The minimum Gasteiger partial charge on any atom is -0.481 e. The average Bonchev–Trinajstić information content (AvgIpc) is 2.39. The quantitative estimate of drug-likeness (QED) is 0.706. The number of carboxylic acids is 1. The Balaban J connectivity index is 2.43. The highest BCUT2D eigenvalue weighted by Gasteiger charge is 2.35. The molecule has 1 aliphatic carbocycles. The topological polar surface area (TPSA) is 66.4 Å². The van der Waals surface area contributed by atoms with Crippen molar-refractivity contribution in [1.29, 1.82) is 0 Å². The first-order valence-electron chi connectivity index (χ1n) is 7.17. The van der Waals surface area contributed by atoms with E-state index in [0.717, 1.165) is 30.8 Å². The van der Waals surface area contributed by atoms with Gasteiger partial charge in [-0.15, -0.1) is 0 Å². The monoisotopic (exact) mass is 287 g/mol. The van der Waals surface area contributed by atoms with E-state index in [4.69, 9.17) is 0 Å². The molecule has 0 bridgehead atoms. The van der Waals surface area contributed by atoms with Crippen molar-refractivity contribution < 1.29 is 14.7 Å². The Bertz CT molecular complexity index is 309. The normalized spacial score (nSPS) is 24.7. The summed E-state index contributed by atoms with van der Waals surface area (Å²) in [6.07, 6.45) is 4.16. The lowest BCUT2D eigenvalue weighted by Crippen LogP contribution is -2.43. The van der Waals surface area contributed by atoms with Crippen LogP contribution in [0.1, 0.15) is 46.0 Å². The maximum atomic E-state index is 12.2. The molecule has 0 radical (unpaired) electrons. The summed E-state index contributed by atoms with van der Waals surface area (Å²) < 4.78 is 0. The Kier molecular flexibility index (Phi) is 7.28. The van der Waals surface area contributed by atoms with E-state index >= 15 is 0 Å². The number of rotatable bonds is 7. The van der Waals surface area contributed by atoms with Crippen LogP contribution in [0.5, 0.6) is 0 Å². The third-order valence-electron chi connectivity index (χ3n) is 3.71. The van der Waals surface area contributed by atoms with E-state index in [0.29, 0.717) is 12.8 Å². The molecule has 5 heteroatoms. The molecule has 0 aromatic rings. The van der Waals surface area contributed by atoms with Gasteiger partial charge in [0.1, 0.15) is 0 Å². The molecule has 0 aromatic carbocycles. The van der Waals surface area contributed by atoms with Crippen molar-refractivity contribution in [3.63, 3.8) is 0 Å². The molecule has 1 fully saturated rings. The number of thioether (sulfide) groups is 1. The largest absolute Gasteiger partial charge is 0.481 e. The van der Waals surface area contributed by atoms with Gasteiger partial charge in [0.05, 0.1) is 11.8 Å². The number of carbonyl (C=O) groups excluding carboxylic acids is 1. The maximum Gasteiger partial charge on any atom is 0.307 e. The van der Waals surface area contributed by atoms with Gasteiger partial charge in [0.25, 0.3) is 0 Å². The Morgan fingerprint density at radius 1 is 1.32 bits per heavy atom. The second kappa shape index (κ2) is 8.46. The summed E-state index contributed by atoms with van der Waals surface area (Å²) in [5.74, 6) is 0.392. The molecule has 0 spiro atoms. The van der Waals surface area contributed by atoms with Gasteiger partial charge in [0.15, 0.2) is 0 Å².